The average Bonchev–Trinajstić information content (AvgIpc) is 3.30. The average molecular weight is 384 g/mol. The van der Waals surface area contributed by atoms with Crippen molar-refractivity contribution < 1.29 is 9.18 Å². The molecule has 6 heteroatoms. The van der Waals surface area contributed by atoms with Crippen molar-refractivity contribution in [3.8, 4) is 0 Å². The molecule has 1 N–H and O–H groups in total. The van der Waals surface area contributed by atoms with Crippen LogP contribution in [0.4, 0.5) is 4.39 Å². The van der Waals surface area contributed by atoms with Gasteiger partial charge in [0, 0.05) is 43.4 Å². The second-order valence-electron chi connectivity index (χ2n) is 8.14. The topological polar surface area (TPSA) is 50.2 Å². The Bertz CT molecular complexity index is 794. The van der Waals surface area contributed by atoms with Gasteiger partial charge < -0.3 is 10.2 Å². The molecule has 150 valence electrons. The van der Waals surface area contributed by atoms with Gasteiger partial charge in [0.25, 0.3) is 0 Å². The number of hydrogen-bond donors (Lipinski definition) is 1. The number of amides is 1. The molecule has 0 radical (unpaired) electrons. The smallest absolute Gasteiger partial charge is 0.225 e. The van der Waals surface area contributed by atoms with Gasteiger partial charge in [0.15, 0.2) is 0 Å². The lowest BCUT2D eigenvalue weighted by Gasteiger charge is -2.32. The van der Waals surface area contributed by atoms with E-state index in [2.05, 4.69) is 15.3 Å². The van der Waals surface area contributed by atoms with Crippen molar-refractivity contribution in [2.24, 2.45) is 0 Å². The highest BCUT2D eigenvalue weighted by Crippen LogP contribution is 2.36. The maximum Gasteiger partial charge on any atom is 0.225 e. The molecule has 3 heterocycles. The zero-order valence-electron chi connectivity index (χ0n) is 16.4. The summed E-state index contributed by atoms with van der Waals surface area (Å²) in [7, 11) is 0. The zero-order valence-corrected chi connectivity index (χ0v) is 16.4. The van der Waals surface area contributed by atoms with E-state index in [1.54, 1.807) is 18.3 Å². The Morgan fingerprint density at radius 3 is 3.00 bits per heavy atom. The number of aromatic nitrogens is 2. The fraction of sp³-hybridized carbons (Fsp3) is 0.545. The van der Waals surface area contributed by atoms with Crippen molar-refractivity contribution in [3.63, 3.8) is 0 Å². The predicted octanol–water partition coefficient (Wildman–Crippen LogP) is 3.50. The van der Waals surface area contributed by atoms with Crippen LogP contribution in [-0.2, 0) is 4.79 Å². The Kier molecular flexibility index (Phi) is 5.76. The fourth-order valence-electron chi connectivity index (χ4n) is 4.80. The molecular weight excluding hydrogens is 355 g/mol. The molecule has 4 atom stereocenters. The molecule has 0 aliphatic carbocycles. The fourth-order valence-corrected chi connectivity index (χ4v) is 4.80. The van der Waals surface area contributed by atoms with Gasteiger partial charge in [-0.05, 0) is 50.1 Å². The van der Waals surface area contributed by atoms with Crippen molar-refractivity contribution >= 4 is 5.91 Å². The number of carbonyl (C=O) groups excluding carboxylic acids is 1. The van der Waals surface area contributed by atoms with Crippen LogP contribution in [0.5, 0.6) is 0 Å². The Hall–Kier alpha value is -2.21. The Morgan fingerprint density at radius 2 is 2.21 bits per heavy atom. The van der Waals surface area contributed by atoms with E-state index < -0.39 is 0 Å². The lowest BCUT2D eigenvalue weighted by Crippen LogP contribution is -2.47. The molecule has 2 aliphatic rings. The summed E-state index contributed by atoms with van der Waals surface area (Å²) in [5.41, 5.74) is 0.985. The van der Waals surface area contributed by atoms with E-state index in [1.807, 2.05) is 29.9 Å². The van der Waals surface area contributed by atoms with Crippen LogP contribution < -0.4 is 5.32 Å². The summed E-state index contributed by atoms with van der Waals surface area (Å²) in [6, 6.07) is 9.13. The number of nitrogens with zero attached hydrogens (tertiary/aromatic N) is 3. The molecule has 0 bridgehead atoms. The summed E-state index contributed by atoms with van der Waals surface area (Å²) in [5, 5.41) is 7.95. The highest BCUT2D eigenvalue weighted by molar-refractivity contribution is 5.77. The van der Waals surface area contributed by atoms with Gasteiger partial charge in [0.2, 0.25) is 5.91 Å². The van der Waals surface area contributed by atoms with E-state index >= 15 is 0 Å². The van der Waals surface area contributed by atoms with Gasteiger partial charge in [0.1, 0.15) is 5.82 Å². The normalized spacial score (nSPS) is 26.4. The number of nitrogens with one attached hydrogen (secondary N) is 1. The summed E-state index contributed by atoms with van der Waals surface area (Å²) in [4.78, 5) is 15.3. The maximum absolute atomic E-state index is 13.9. The van der Waals surface area contributed by atoms with Crippen LogP contribution in [-0.4, -0.2) is 45.8 Å². The maximum atomic E-state index is 13.9. The van der Waals surface area contributed by atoms with Crippen LogP contribution in [0.25, 0.3) is 0 Å². The van der Waals surface area contributed by atoms with Crippen molar-refractivity contribution in [2.75, 3.05) is 13.1 Å². The van der Waals surface area contributed by atoms with Crippen molar-refractivity contribution in [2.45, 2.75) is 63.1 Å². The molecule has 2 saturated heterocycles. The summed E-state index contributed by atoms with van der Waals surface area (Å²) in [5.74, 6) is 0.0824. The third-order valence-corrected chi connectivity index (χ3v) is 6.24. The molecule has 2 fully saturated rings. The molecule has 1 unspecified atom stereocenters. The summed E-state index contributed by atoms with van der Waals surface area (Å²) in [6.45, 7) is 3.63. The lowest BCUT2D eigenvalue weighted by atomic mass is 9.88. The van der Waals surface area contributed by atoms with Crippen LogP contribution in [0.1, 0.15) is 56.6 Å². The van der Waals surface area contributed by atoms with Crippen molar-refractivity contribution in [1.29, 1.82) is 0 Å². The predicted molar refractivity (Wildman–Crippen MR) is 106 cm³/mol. The van der Waals surface area contributed by atoms with Gasteiger partial charge in [-0.25, -0.2) is 4.39 Å². The Morgan fingerprint density at radius 1 is 1.32 bits per heavy atom. The third-order valence-electron chi connectivity index (χ3n) is 6.24. The second-order valence-corrected chi connectivity index (χ2v) is 8.14. The van der Waals surface area contributed by atoms with E-state index in [0.717, 1.165) is 31.4 Å². The first kappa shape index (κ1) is 19.1. The van der Waals surface area contributed by atoms with Gasteiger partial charge in [-0.15, -0.1) is 0 Å². The molecular formula is C22H29FN4O. The van der Waals surface area contributed by atoms with E-state index in [1.165, 1.54) is 12.5 Å². The van der Waals surface area contributed by atoms with E-state index in [4.69, 9.17) is 0 Å². The third kappa shape index (κ3) is 3.97. The van der Waals surface area contributed by atoms with Crippen molar-refractivity contribution in [3.05, 3.63) is 54.1 Å². The minimum absolute atomic E-state index is 0.0238. The van der Waals surface area contributed by atoms with Crippen LogP contribution >= 0.6 is 0 Å². The van der Waals surface area contributed by atoms with E-state index in [9.17, 15) is 9.18 Å². The van der Waals surface area contributed by atoms with Crippen LogP contribution in [0.2, 0.25) is 0 Å². The number of halogens is 1. The van der Waals surface area contributed by atoms with E-state index in [0.29, 0.717) is 13.0 Å². The zero-order chi connectivity index (χ0) is 19.5. The first-order valence-corrected chi connectivity index (χ1v) is 10.4. The minimum atomic E-state index is -0.211. The number of benzene rings is 1. The highest BCUT2D eigenvalue weighted by atomic mass is 19.1. The first-order valence-electron chi connectivity index (χ1n) is 10.4. The number of hydrogen-bond acceptors (Lipinski definition) is 3. The van der Waals surface area contributed by atoms with Crippen LogP contribution in [0, 0.1) is 5.82 Å². The van der Waals surface area contributed by atoms with Gasteiger partial charge in [-0.1, -0.05) is 25.0 Å². The molecule has 5 nitrogen and oxygen atoms in total. The largest absolute Gasteiger partial charge is 0.337 e. The molecule has 1 amide bonds. The number of carbonyl (C=O) groups is 1. The second kappa shape index (κ2) is 8.43. The standard InChI is InChI=1S/C22H29FN4O/c1-16(27-12-6-11-25-27)13-21(28)26-15-19(17-7-5-8-18(23)14-17)22-20(26)9-3-2-4-10-24-22/h5-8,11-12,14,16,19-20,22,24H,2-4,9-10,13,15H2,1H3/t16?,19-,20+,22-/m0/s1. The molecule has 2 aliphatic heterocycles. The minimum Gasteiger partial charge on any atom is -0.337 e. The molecule has 28 heavy (non-hydrogen) atoms. The molecule has 2 aromatic rings. The molecule has 1 aromatic heterocycles. The van der Waals surface area contributed by atoms with Crippen LogP contribution in [0.3, 0.4) is 0 Å². The first-order chi connectivity index (χ1) is 13.6. The number of likely N-dealkylation sites (tertiary alicyclic amines) is 1. The van der Waals surface area contributed by atoms with Crippen molar-refractivity contribution in [1.82, 2.24) is 20.0 Å². The van der Waals surface area contributed by atoms with Gasteiger partial charge in [-0.3, -0.25) is 9.48 Å². The van der Waals surface area contributed by atoms with E-state index in [-0.39, 0.29) is 35.8 Å². The van der Waals surface area contributed by atoms with Gasteiger partial charge in [0.05, 0.1) is 6.04 Å². The molecule has 0 spiro atoms. The van der Waals surface area contributed by atoms with Gasteiger partial charge in [-0.2, -0.15) is 5.10 Å². The summed E-state index contributed by atoms with van der Waals surface area (Å²) in [6.07, 6.45) is 8.56. The quantitative estimate of drug-likeness (QED) is 0.878. The Balaban J connectivity index is 1.56. The molecule has 0 saturated carbocycles. The monoisotopic (exact) mass is 384 g/mol. The Labute approximate surface area is 165 Å². The summed E-state index contributed by atoms with van der Waals surface area (Å²) >= 11 is 0. The SMILES string of the molecule is CC(CC(=O)N1C[C@@H](c2cccc(F)c2)[C@@H]2NCCCCC[C@H]21)n1cccn1. The number of fused-ring (bicyclic) bond motifs is 1. The lowest BCUT2D eigenvalue weighted by molar-refractivity contribution is -0.133. The van der Waals surface area contributed by atoms with Crippen LogP contribution in [0.15, 0.2) is 42.7 Å². The highest BCUT2D eigenvalue weighted by Gasteiger charge is 2.44. The number of rotatable bonds is 4. The van der Waals surface area contributed by atoms with Gasteiger partial charge >= 0.3 is 0 Å². The molecule has 1 aromatic carbocycles. The molecule has 4 rings (SSSR count). The summed E-state index contributed by atoms with van der Waals surface area (Å²) < 4.78 is 15.7.